The number of ether oxygens (including phenoxy) is 1. The number of halogens is 3. The molecule has 4 aliphatic rings. The van der Waals surface area contributed by atoms with E-state index in [1.165, 1.54) is 11.6 Å². The van der Waals surface area contributed by atoms with Crippen molar-refractivity contribution in [1.82, 2.24) is 9.88 Å². The van der Waals surface area contributed by atoms with Crippen LogP contribution in [-0.2, 0) is 11.2 Å². The van der Waals surface area contributed by atoms with Gasteiger partial charge in [0.1, 0.15) is 28.7 Å². The van der Waals surface area contributed by atoms with Crippen molar-refractivity contribution in [2.45, 2.75) is 38.6 Å². The highest BCUT2D eigenvalue weighted by atomic mass is 32.1. The lowest BCUT2D eigenvalue weighted by molar-refractivity contribution is -0.000519. The van der Waals surface area contributed by atoms with Gasteiger partial charge < -0.3 is 20.3 Å². The highest BCUT2D eigenvalue weighted by molar-refractivity contribution is 7.17. The van der Waals surface area contributed by atoms with E-state index in [-0.39, 0.29) is 18.0 Å². The summed E-state index contributed by atoms with van der Waals surface area (Å²) in [6, 6.07) is 14.2. The molecule has 9 nitrogen and oxygen atoms in total. The Hall–Kier alpha value is -5.11. The van der Waals surface area contributed by atoms with Gasteiger partial charge in [0.15, 0.2) is 12.1 Å². The molecular formula is C42H44F3N5O4S. The second-order valence-corrected chi connectivity index (χ2v) is 15.1. The molecule has 2 fully saturated rings. The van der Waals surface area contributed by atoms with E-state index < -0.39 is 17.2 Å². The summed E-state index contributed by atoms with van der Waals surface area (Å²) in [5, 5.41) is 6.53. The van der Waals surface area contributed by atoms with Gasteiger partial charge >= 0.3 is 0 Å². The topological polar surface area (TPSA) is 104 Å². The number of fused-ring (bicyclic) bond motifs is 3. The molecule has 0 radical (unpaired) electrons. The van der Waals surface area contributed by atoms with Crippen LogP contribution in [0, 0.1) is 29.8 Å². The maximum absolute atomic E-state index is 14.3. The molecule has 1 atom stereocenters. The third-order valence-electron chi connectivity index (χ3n) is 10.4. The fourth-order valence-electron chi connectivity index (χ4n) is 7.23. The average Bonchev–Trinajstić information content (AvgIpc) is 3.43. The number of pyridine rings is 1. The first kappa shape index (κ1) is 39.6. The zero-order valence-electron chi connectivity index (χ0n) is 31.0. The van der Waals surface area contributed by atoms with Crippen LogP contribution >= 0.6 is 11.3 Å². The molecule has 1 unspecified atom stereocenters. The van der Waals surface area contributed by atoms with E-state index in [1.54, 1.807) is 42.6 Å². The molecule has 1 aliphatic carbocycles. The molecule has 2 aromatic heterocycles. The third kappa shape index (κ3) is 8.90. The quantitative estimate of drug-likeness (QED) is 0.190. The lowest BCUT2D eigenvalue weighted by atomic mass is 9.73. The fraction of sp³-hybridized carbons (Fsp3) is 0.333. The zero-order chi connectivity index (χ0) is 39.1. The number of aryl methyl sites for hydroxylation is 1. The molecule has 0 bridgehead atoms. The minimum absolute atomic E-state index is 0.0537. The predicted octanol–water partition coefficient (Wildman–Crippen LogP) is 7.98. The molecule has 2 saturated heterocycles. The summed E-state index contributed by atoms with van der Waals surface area (Å²) in [6.07, 6.45) is 11.3. The Morgan fingerprint density at radius 3 is 2.35 bits per heavy atom. The maximum atomic E-state index is 14.3. The number of carbonyl (C=O) groups is 3. The van der Waals surface area contributed by atoms with Gasteiger partial charge in [0, 0.05) is 78.7 Å². The third-order valence-corrected chi connectivity index (χ3v) is 11.7. The average molecular weight is 772 g/mol. The molecule has 1 amide bonds. The molecule has 55 heavy (non-hydrogen) atoms. The highest BCUT2D eigenvalue weighted by Gasteiger charge is 2.45. The van der Waals surface area contributed by atoms with Crippen molar-refractivity contribution in [2.24, 2.45) is 5.41 Å². The summed E-state index contributed by atoms with van der Waals surface area (Å²) in [4.78, 5) is 43.9. The molecule has 3 aliphatic heterocycles. The first-order valence-corrected chi connectivity index (χ1v) is 19.0. The number of benzene rings is 2. The Morgan fingerprint density at radius 2 is 1.71 bits per heavy atom. The first-order chi connectivity index (χ1) is 26.6. The van der Waals surface area contributed by atoms with Crippen LogP contribution in [0.25, 0.3) is 5.57 Å². The van der Waals surface area contributed by atoms with Gasteiger partial charge in [-0.15, -0.1) is 11.3 Å². The molecule has 4 aromatic rings. The Morgan fingerprint density at radius 1 is 1.00 bits per heavy atom. The number of thiophene rings is 1. The molecule has 288 valence electrons. The number of anilines is 3. The Kier molecular flexibility index (Phi) is 12.6. The van der Waals surface area contributed by atoms with Gasteiger partial charge in [-0.3, -0.25) is 19.3 Å². The number of hydrogen-bond donors (Lipinski definition) is 2. The summed E-state index contributed by atoms with van der Waals surface area (Å²) >= 11 is 1.55. The van der Waals surface area contributed by atoms with Crippen LogP contribution in [0.1, 0.15) is 66.5 Å². The number of nitrogens with zero attached hydrogens (tertiary/aromatic N) is 3. The van der Waals surface area contributed by atoms with E-state index in [9.17, 15) is 27.6 Å². The second kappa shape index (κ2) is 17.6. The number of likely N-dealkylation sites (N-methyl/N-ethyl adjacent to an activating group) is 1. The predicted molar refractivity (Wildman–Crippen MR) is 211 cm³/mol. The van der Waals surface area contributed by atoms with Crippen molar-refractivity contribution >= 4 is 51.9 Å². The van der Waals surface area contributed by atoms with E-state index in [4.69, 9.17) is 4.74 Å². The second-order valence-electron chi connectivity index (χ2n) is 14.1. The van der Waals surface area contributed by atoms with Crippen molar-refractivity contribution < 1.29 is 32.3 Å². The summed E-state index contributed by atoms with van der Waals surface area (Å²) in [5.41, 5.74) is 4.66. The molecule has 8 rings (SSSR count). The van der Waals surface area contributed by atoms with Crippen molar-refractivity contribution in [1.29, 1.82) is 0 Å². The van der Waals surface area contributed by atoms with Gasteiger partial charge in [0.25, 0.3) is 5.91 Å². The van der Waals surface area contributed by atoms with Crippen LogP contribution in [0.15, 0.2) is 72.8 Å². The highest BCUT2D eigenvalue weighted by Crippen LogP contribution is 2.43. The number of rotatable bonds is 6. The molecule has 13 heteroatoms. The first-order valence-electron chi connectivity index (χ1n) is 18.2. The SMILES string of the molecule is CNc1sc2c(c1F)CCN(C)C1CC=CC=C21.Cc1ccc(C(=O)Nc2ccc(C=O)cc2)c(N2CC3(CCOCC3)C2)n1.O=Cc1c(F)cccc1F. The molecular weight excluding hydrogens is 728 g/mol. The Balaban J connectivity index is 0.000000157. The largest absolute Gasteiger partial charge is 0.381 e. The summed E-state index contributed by atoms with van der Waals surface area (Å²) in [7, 11) is 3.91. The van der Waals surface area contributed by atoms with Crippen LogP contribution in [0.3, 0.4) is 0 Å². The van der Waals surface area contributed by atoms with Gasteiger partial charge in [-0.25, -0.2) is 18.2 Å². The van der Waals surface area contributed by atoms with Gasteiger partial charge in [-0.2, -0.15) is 0 Å². The van der Waals surface area contributed by atoms with Crippen LogP contribution < -0.4 is 15.5 Å². The lowest BCUT2D eigenvalue weighted by Crippen LogP contribution is -2.59. The van der Waals surface area contributed by atoms with Crippen LogP contribution in [0.4, 0.5) is 29.7 Å². The van der Waals surface area contributed by atoms with Crippen molar-refractivity contribution in [3.63, 3.8) is 0 Å². The number of hydrogen-bond acceptors (Lipinski definition) is 9. The van der Waals surface area contributed by atoms with E-state index in [2.05, 4.69) is 50.7 Å². The Labute approximate surface area is 322 Å². The number of aromatic nitrogens is 1. The molecule has 1 spiro atoms. The van der Waals surface area contributed by atoms with Crippen LogP contribution in [0.2, 0.25) is 0 Å². The molecule has 0 saturated carbocycles. The summed E-state index contributed by atoms with van der Waals surface area (Å²) in [6.45, 7) is 6.33. The molecule has 2 aromatic carbocycles. The number of allylic oxidation sites excluding steroid dienone is 2. The fourth-order valence-corrected chi connectivity index (χ4v) is 8.39. The minimum Gasteiger partial charge on any atom is -0.381 e. The van der Waals surface area contributed by atoms with Crippen molar-refractivity contribution in [2.75, 3.05) is 62.5 Å². The smallest absolute Gasteiger partial charge is 0.259 e. The number of nitrogens with one attached hydrogen (secondary N) is 2. The number of carbonyl (C=O) groups excluding carboxylic acids is 3. The van der Waals surface area contributed by atoms with E-state index in [0.717, 1.165) is 98.9 Å². The van der Waals surface area contributed by atoms with Gasteiger partial charge in [0.2, 0.25) is 0 Å². The summed E-state index contributed by atoms with van der Waals surface area (Å²) in [5.74, 6) is -1.15. The monoisotopic (exact) mass is 771 g/mol. The van der Waals surface area contributed by atoms with Gasteiger partial charge in [-0.05, 0) is 93.8 Å². The van der Waals surface area contributed by atoms with Crippen LogP contribution in [-0.4, -0.2) is 81.3 Å². The maximum Gasteiger partial charge on any atom is 0.259 e. The van der Waals surface area contributed by atoms with Gasteiger partial charge in [0.05, 0.1) is 11.1 Å². The number of amides is 1. The standard InChI is InChI=1S/C21H23N3O3.C14H17FN2S.C7H4F2O/c1-15-2-7-18(20(26)23-17-5-3-16(12-25)4-6-17)19(22-15)24-13-21(14-24)8-10-27-11-9-21;1-16-14-12(15)10-7-8-17(2)11-6-4-3-5-9(11)13(10)18-14;8-6-2-1-3-7(9)5(6)4-10/h2-7,12H,8-11,13-14H2,1H3,(H,23,26);3-5,11,16H,6-8H2,1-2H3;1-4H. The van der Waals surface area contributed by atoms with Gasteiger partial charge in [-0.1, -0.05) is 24.3 Å². The Bertz CT molecular complexity index is 2070. The van der Waals surface area contributed by atoms with E-state index in [0.29, 0.717) is 33.3 Å². The molecule has 5 heterocycles. The normalized spacial score (nSPS) is 18.1. The summed E-state index contributed by atoms with van der Waals surface area (Å²) < 4.78 is 44.5. The van der Waals surface area contributed by atoms with Crippen molar-refractivity contribution in [3.05, 3.63) is 123 Å². The van der Waals surface area contributed by atoms with Crippen LogP contribution in [0.5, 0.6) is 0 Å². The van der Waals surface area contributed by atoms with E-state index in [1.807, 2.05) is 19.1 Å². The van der Waals surface area contributed by atoms with E-state index >= 15 is 0 Å². The zero-order valence-corrected chi connectivity index (χ0v) is 31.9. The van der Waals surface area contributed by atoms with Crippen molar-refractivity contribution in [3.8, 4) is 0 Å². The molecule has 2 N–H and O–H groups in total. The lowest BCUT2D eigenvalue weighted by Gasteiger charge is -2.53. The minimum atomic E-state index is -0.824. The number of aldehydes is 2.